The molecule has 2 aliphatic heterocycles. The molecule has 3 atom stereocenters. The van der Waals surface area contributed by atoms with Gasteiger partial charge in [-0.15, -0.1) is 23.5 Å². The van der Waals surface area contributed by atoms with Gasteiger partial charge in [-0.05, 0) is 6.42 Å². The Hall–Kier alpha value is -0.850. The molecule has 8 nitrogen and oxygen atoms in total. The predicted molar refractivity (Wildman–Crippen MR) is 129 cm³/mol. The van der Waals surface area contributed by atoms with Crippen LogP contribution in [-0.4, -0.2) is 92.5 Å². The first-order chi connectivity index (χ1) is 14.8. The SMILES string of the molecule is CCC(C)SC1CC(=O)N(CCSSCCN2C(=O)CC(SCC(=O)NC)C2=O)C1=O. The zero-order valence-electron chi connectivity index (χ0n) is 18.0. The van der Waals surface area contributed by atoms with Gasteiger partial charge in [0.05, 0.1) is 16.3 Å². The largest absolute Gasteiger partial charge is 0.358 e. The molecule has 0 bridgehead atoms. The van der Waals surface area contributed by atoms with Crippen LogP contribution in [-0.2, 0) is 24.0 Å². The van der Waals surface area contributed by atoms with Gasteiger partial charge in [0.15, 0.2) is 0 Å². The summed E-state index contributed by atoms with van der Waals surface area (Å²) in [5.74, 6) is 0.530. The van der Waals surface area contributed by atoms with E-state index in [1.165, 1.54) is 50.2 Å². The van der Waals surface area contributed by atoms with E-state index in [2.05, 4.69) is 19.2 Å². The van der Waals surface area contributed by atoms with Crippen LogP contribution in [0.5, 0.6) is 0 Å². The average molecular weight is 508 g/mol. The van der Waals surface area contributed by atoms with Crippen LogP contribution in [0.1, 0.15) is 33.1 Å². The van der Waals surface area contributed by atoms with E-state index in [0.29, 0.717) is 29.8 Å². The normalized spacial score (nSPS) is 22.5. The van der Waals surface area contributed by atoms with E-state index >= 15 is 0 Å². The highest BCUT2D eigenvalue weighted by Gasteiger charge is 2.40. The number of rotatable bonds is 13. The highest BCUT2D eigenvalue weighted by atomic mass is 33.1. The number of carbonyl (C=O) groups excluding carboxylic acids is 5. The lowest BCUT2D eigenvalue weighted by Gasteiger charge is -2.16. The molecule has 0 spiro atoms. The lowest BCUT2D eigenvalue weighted by molar-refractivity contribution is -0.139. The fourth-order valence-corrected chi connectivity index (χ4v) is 7.18. The van der Waals surface area contributed by atoms with E-state index < -0.39 is 5.25 Å². The molecule has 2 aliphatic rings. The monoisotopic (exact) mass is 507 g/mol. The standard InChI is InChI=1S/C19H29N3O5S4/c1-4-12(2)31-14-10-17(25)22(19(14)27)6-8-30-29-7-5-21-16(24)9-13(18(21)26)28-11-15(23)20-3/h12-14H,4-11H2,1-3H3,(H,20,23). The second-order valence-corrected chi connectivity index (χ2v) is 12.7. The lowest BCUT2D eigenvalue weighted by atomic mass is 10.3. The molecule has 0 aromatic carbocycles. The summed E-state index contributed by atoms with van der Waals surface area (Å²) in [6, 6.07) is 0. The van der Waals surface area contributed by atoms with Crippen molar-refractivity contribution in [2.45, 2.75) is 48.9 Å². The minimum Gasteiger partial charge on any atom is -0.358 e. The number of nitrogens with zero attached hydrogens (tertiary/aromatic N) is 2. The van der Waals surface area contributed by atoms with Crippen molar-refractivity contribution in [1.29, 1.82) is 0 Å². The number of imide groups is 2. The van der Waals surface area contributed by atoms with Gasteiger partial charge >= 0.3 is 0 Å². The third-order valence-electron chi connectivity index (χ3n) is 4.95. The Bertz CT molecular complexity index is 708. The van der Waals surface area contributed by atoms with Crippen LogP contribution in [0.2, 0.25) is 0 Å². The molecular weight excluding hydrogens is 478 g/mol. The zero-order chi connectivity index (χ0) is 23.0. The predicted octanol–water partition coefficient (Wildman–Crippen LogP) is 1.63. The van der Waals surface area contributed by atoms with Gasteiger partial charge in [-0.1, -0.05) is 35.4 Å². The zero-order valence-corrected chi connectivity index (χ0v) is 21.2. The van der Waals surface area contributed by atoms with Gasteiger partial charge in [-0.25, -0.2) is 0 Å². The Kier molecular flexibility index (Phi) is 11.1. The van der Waals surface area contributed by atoms with Crippen molar-refractivity contribution in [3.05, 3.63) is 0 Å². The first-order valence-corrected chi connectivity index (χ1v) is 14.7. The Morgan fingerprint density at radius 2 is 1.52 bits per heavy atom. The second kappa shape index (κ2) is 13.0. The van der Waals surface area contributed by atoms with Gasteiger partial charge in [0.25, 0.3) is 0 Å². The van der Waals surface area contributed by atoms with Crippen molar-refractivity contribution in [2.75, 3.05) is 37.4 Å². The van der Waals surface area contributed by atoms with E-state index in [-0.39, 0.29) is 53.4 Å². The van der Waals surface area contributed by atoms with Crippen molar-refractivity contribution < 1.29 is 24.0 Å². The summed E-state index contributed by atoms with van der Waals surface area (Å²) in [6.45, 7) is 4.84. The number of hydrogen-bond acceptors (Lipinski definition) is 9. The van der Waals surface area contributed by atoms with E-state index in [0.717, 1.165) is 6.42 Å². The van der Waals surface area contributed by atoms with Crippen LogP contribution in [0.3, 0.4) is 0 Å². The summed E-state index contributed by atoms with van der Waals surface area (Å²) in [4.78, 5) is 63.0. The molecule has 2 fully saturated rings. The summed E-state index contributed by atoms with van der Waals surface area (Å²) >= 11 is 2.77. The molecule has 0 saturated carbocycles. The third-order valence-corrected chi connectivity index (χ3v) is 10.0. The van der Waals surface area contributed by atoms with Gasteiger partial charge in [0.1, 0.15) is 0 Å². The maximum atomic E-state index is 12.4. The quantitative estimate of drug-likeness (QED) is 0.226. The molecule has 1 N–H and O–H groups in total. The molecule has 3 unspecified atom stereocenters. The molecular formula is C19H29N3O5S4. The van der Waals surface area contributed by atoms with Gasteiger partial charge in [-0.2, -0.15) is 0 Å². The molecule has 31 heavy (non-hydrogen) atoms. The third kappa shape index (κ3) is 7.61. The van der Waals surface area contributed by atoms with E-state index in [1.807, 2.05) is 0 Å². The van der Waals surface area contributed by atoms with Gasteiger partial charge in [0.2, 0.25) is 29.5 Å². The summed E-state index contributed by atoms with van der Waals surface area (Å²) in [6.07, 6.45) is 1.38. The van der Waals surface area contributed by atoms with Crippen molar-refractivity contribution in [3.8, 4) is 0 Å². The first-order valence-electron chi connectivity index (χ1n) is 10.2. The Morgan fingerprint density at radius 3 is 2.03 bits per heavy atom. The first kappa shape index (κ1) is 26.4. The minimum atomic E-state index is -0.490. The maximum Gasteiger partial charge on any atom is 0.242 e. The van der Waals surface area contributed by atoms with Crippen LogP contribution < -0.4 is 5.32 Å². The number of nitrogens with one attached hydrogen (secondary N) is 1. The van der Waals surface area contributed by atoms with Gasteiger partial charge in [0, 0.05) is 49.7 Å². The molecule has 0 aromatic rings. The van der Waals surface area contributed by atoms with E-state index in [9.17, 15) is 24.0 Å². The van der Waals surface area contributed by atoms with Crippen molar-refractivity contribution in [1.82, 2.24) is 15.1 Å². The number of carbonyl (C=O) groups is 5. The Morgan fingerprint density at radius 1 is 1.00 bits per heavy atom. The lowest BCUT2D eigenvalue weighted by Crippen LogP contribution is -2.34. The van der Waals surface area contributed by atoms with E-state index in [1.54, 1.807) is 11.8 Å². The van der Waals surface area contributed by atoms with Crippen LogP contribution in [0.4, 0.5) is 0 Å². The van der Waals surface area contributed by atoms with Crippen LogP contribution >= 0.6 is 45.1 Å². The van der Waals surface area contributed by atoms with Gasteiger partial charge in [-0.3, -0.25) is 33.8 Å². The van der Waals surface area contributed by atoms with Crippen molar-refractivity contribution >= 4 is 74.6 Å². The molecule has 0 aromatic heterocycles. The smallest absolute Gasteiger partial charge is 0.242 e. The minimum absolute atomic E-state index is 0.0885. The van der Waals surface area contributed by atoms with Crippen molar-refractivity contribution in [3.63, 3.8) is 0 Å². The topological polar surface area (TPSA) is 104 Å². The van der Waals surface area contributed by atoms with Crippen LogP contribution in [0, 0.1) is 0 Å². The average Bonchev–Trinajstić information content (AvgIpc) is 3.17. The molecule has 12 heteroatoms. The Balaban J connectivity index is 1.64. The molecule has 174 valence electrons. The maximum absolute atomic E-state index is 12.4. The molecule has 2 heterocycles. The number of thioether (sulfide) groups is 2. The van der Waals surface area contributed by atoms with Crippen LogP contribution in [0.25, 0.3) is 0 Å². The van der Waals surface area contributed by atoms with Crippen LogP contribution in [0.15, 0.2) is 0 Å². The summed E-state index contributed by atoms with van der Waals surface area (Å²) < 4.78 is 0. The summed E-state index contributed by atoms with van der Waals surface area (Å²) in [5, 5.41) is 2.10. The number of likely N-dealkylation sites (tertiary alicyclic amines) is 2. The highest BCUT2D eigenvalue weighted by molar-refractivity contribution is 8.76. The fourth-order valence-electron chi connectivity index (χ4n) is 3.01. The number of amides is 5. The Labute approximate surface area is 199 Å². The van der Waals surface area contributed by atoms with Gasteiger partial charge < -0.3 is 5.32 Å². The van der Waals surface area contributed by atoms with Crippen molar-refractivity contribution in [2.24, 2.45) is 0 Å². The molecule has 2 rings (SSSR count). The summed E-state index contributed by atoms with van der Waals surface area (Å²) in [7, 11) is 4.57. The fraction of sp³-hybridized carbons (Fsp3) is 0.737. The second-order valence-electron chi connectivity index (χ2n) is 7.14. The molecule has 0 aliphatic carbocycles. The molecule has 2 saturated heterocycles. The highest BCUT2D eigenvalue weighted by Crippen LogP contribution is 2.31. The number of hydrogen-bond donors (Lipinski definition) is 1. The summed E-state index contributed by atoms with van der Waals surface area (Å²) in [5.41, 5.74) is 0. The molecule has 0 radical (unpaired) electrons. The molecule has 5 amide bonds. The van der Waals surface area contributed by atoms with E-state index in [4.69, 9.17) is 0 Å².